The predicted octanol–water partition coefficient (Wildman–Crippen LogP) is 3.69. The number of rotatable bonds is 5. The zero-order chi connectivity index (χ0) is 10.5. The summed E-state index contributed by atoms with van der Waals surface area (Å²) < 4.78 is 0. The average molecular weight is 223 g/mol. The minimum absolute atomic E-state index is 1.20. The summed E-state index contributed by atoms with van der Waals surface area (Å²) in [4.78, 5) is 4.24. The van der Waals surface area contributed by atoms with Crippen molar-refractivity contribution in [3.05, 3.63) is 21.9 Å². The van der Waals surface area contributed by atoms with Gasteiger partial charge in [0.05, 0.1) is 0 Å². The van der Waals surface area contributed by atoms with Gasteiger partial charge in [-0.25, -0.2) is 0 Å². The molecule has 1 aliphatic rings. The van der Waals surface area contributed by atoms with Gasteiger partial charge in [-0.1, -0.05) is 26.2 Å². The first-order valence-electron chi connectivity index (χ1n) is 6.17. The fourth-order valence-electron chi connectivity index (χ4n) is 2.26. The molecule has 0 N–H and O–H groups in total. The first-order chi connectivity index (χ1) is 7.40. The predicted molar refractivity (Wildman–Crippen MR) is 67.4 cm³/mol. The van der Waals surface area contributed by atoms with Crippen molar-refractivity contribution >= 4 is 11.3 Å². The number of fused-ring (bicyclic) bond motifs is 1. The van der Waals surface area contributed by atoms with Gasteiger partial charge in [0.15, 0.2) is 0 Å². The molecule has 2 rings (SSSR count). The summed E-state index contributed by atoms with van der Waals surface area (Å²) in [6, 6.07) is 2.30. The normalized spacial score (nSPS) is 16.6. The van der Waals surface area contributed by atoms with Gasteiger partial charge in [0.1, 0.15) is 0 Å². The molecule has 0 atom stereocenters. The molecular formula is C13H21NS. The van der Waals surface area contributed by atoms with E-state index in [4.69, 9.17) is 0 Å². The Bertz CT molecular complexity index is 292. The molecular weight excluding hydrogens is 202 g/mol. The third-order valence-corrected chi connectivity index (χ3v) is 4.24. The van der Waals surface area contributed by atoms with Crippen molar-refractivity contribution in [2.75, 3.05) is 13.1 Å². The molecule has 1 aromatic heterocycles. The van der Waals surface area contributed by atoms with Crippen LogP contribution in [0.4, 0.5) is 0 Å². The second-order valence-corrected chi connectivity index (χ2v) is 5.46. The highest BCUT2D eigenvalue weighted by Gasteiger charge is 2.15. The Hall–Kier alpha value is -0.340. The summed E-state index contributed by atoms with van der Waals surface area (Å²) in [5, 5.41) is 2.24. The molecule has 0 aromatic carbocycles. The van der Waals surface area contributed by atoms with Crippen molar-refractivity contribution in [1.82, 2.24) is 4.90 Å². The molecule has 84 valence electrons. The molecule has 15 heavy (non-hydrogen) atoms. The zero-order valence-corrected chi connectivity index (χ0v) is 10.5. The Labute approximate surface area is 97.1 Å². The van der Waals surface area contributed by atoms with Crippen LogP contribution < -0.4 is 0 Å². The second-order valence-electron chi connectivity index (χ2n) is 4.46. The van der Waals surface area contributed by atoms with Crippen LogP contribution in [0.25, 0.3) is 0 Å². The summed E-state index contributed by atoms with van der Waals surface area (Å²) in [5.41, 5.74) is 1.58. The molecule has 1 aliphatic heterocycles. The Kier molecular flexibility index (Phi) is 4.21. The lowest BCUT2D eigenvalue weighted by atomic mass is 10.1. The van der Waals surface area contributed by atoms with E-state index >= 15 is 0 Å². The standard InChI is InChI=1S/C13H21NS/c1-2-3-4-5-8-14-9-6-13-12(11-14)7-10-15-13/h7,10H,2-6,8-9,11H2,1H3. The van der Waals surface area contributed by atoms with Crippen LogP contribution in [0, 0.1) is 0 Å². The Morgan fingerprint density at radius 3 is 3.13 bits per heavy atom. The lowest BCUT2D eigenvalue weighted by Gasteiger charge is -2.26. The van der Waals surface area contributed by atoms with E-state index in [2.05, 4.69) is 23.3 Å². The van der Waals surface area contributed by atoms with Gasteiger partial charge in [-0.3, -0.25) is 4.90 Å². The molecule has 0 amide bonds. The Morgan fingerprint density at radius 2 is 2.27 bits per heavy atom. The first kappa shape index (κ1) is 11.2. The van der Waals surface area contributed by atoms with Crippen LogP contribution in [0.15, 0.2) is 11.4 Å². The number of hydrogen-bond acceptors (Lipinski definition) is 2. The summed E-state index contributed by atoms with van der Waals surface area (Å²) >= 11 is 1.93. The van der Waals surface area contributed by atoms with Gasteiger partial charge < -0.3 is 0 Å². The van der Waals surface area contributed by atoms with Crippen molar-refractivity contribution in [1.29, 1.82) is 0 Å². The lowest BCUT2D eigenvalue weighted by molar-refractivity contribution is 0.250. The van der Waals surface area contributed by atoms with Crippen LogP contribution in [-0.4, -0.2) is 18.0 Å². The summed E-state index contributed by atoms with van der Waals surface area (Å²) in [6.45, 7) is 6.05. The van der Waals surface area contributed by atoms with Crippen molar-refractivity contribution in [3.8, 4) is 0 Å². The SMILES string of the molecule is CCCCCCN1CCc2sccc2C1. The third-order valence-electron chi connectivity index (χ3n) is 3.21. The number of unbranched alkanes of at least 4 members (excludes halogenated alkanes) is 3. The van der Waals surface area contributed by atoms with E-state index < -0.39 is 0 Å². The molecule has 0 aliphatic carbocycles. The molecule has 2 heteroatoms. The van der Waals surface area contributed by atoms with Gasteiger partial charge >= 0.3 is 0 Å². The van der Waals surface area contributed by atoms with E-state index in [1.165, 1.54) is 51.7 Å². The van der Waals surface area contributed by atoms with Gasteiger partial charge in [-0.05, 0) is 36.4 Å². The molecule has 1 aromatic rings. The molecule has 0 bridgehead atoms. The van der Waals surface area contributed by atoms with Crippen LogP contribution in [0.1, 0.15) is 43.0 Å². The molecule has 0 unspecified atom stereocenters. The highest BCUT2D eigenvalue weighted by atomic mass is 32.1. The van der Waals surface area contributed by atoms with E-state index in [9.17, 15) is 0 Å². The maximum absolute atomic E-state index is 2.62. The van der Waals surface area contributed by atoms with Crippen molar-refractivity contribution < 1.29 is 0 Å². The van der Waals surface area contributed by atoms with Gasteiger partial charge in [-0.15, -0.1) is 11.3 Å². The summed E-state index contributed by atoms with van der Waals surface area (Å²) in [5.74, 6) is 0. The highest BCUT2D eigenvalue weighted by molar-refractivity contribution is 7.10. The molecule has 2 heterocycles. The molecule has 0 saturated heterocycles. The monoisotopic (exact) mass is 223 g/mol. The van der Waals surface area contributed by atoms with E-state index in [0.717, 1.165) is 0 Å². The average Bonchev–Trinajstić information content (AvgIpc) is 2.71. The minimum atomic E-state index is 1.20. The largest absolute Gasteiger partial charge is 0.299 e. The second kappa shape index (κ2) is 5.66. The first-order valence-corrected chi connectivity index (χ1v) is 7.05. The summed E-state index contributed by atoms with van der Waals surface area (Å²) in [7, 11) is 0. The molecule has 0 spiro atoms. The van der Waals surface area contributed by atoms with E-state index in [-0.39, 0.29) is 0 Å². The molecule has 0 saturated carbocycles. The topological polar surface area (TPSA) is 3.24 Å². The van der Waals surface area contributed by atoms with E-state index in [1.54, 1.807) is 10.4 Å². The summed E-state index contributed by atoms with van der Waals surface area (Å²) in [6.07, 6.45) is 6.81. The van der Waals surface area contributed by atoms with Gasteiger partial charge in [0.2, 0.25) is 0 Å². The maximum atomic E-state index is 2.62. The van der Waals surface area contributed by atoms with Gasteiger partial charge in [0, 0.05) is 18.0 Å². The molecule has 1 nitrogen and oxygen atoms in total. The fraction of sp³-hybridized carbons (Fsp3) is 0.692. The number of hydrogen-bond donors (Lipinski definition) is 0. The van der Waals surface area contributed by atoms with Gasteiger partial charge in [0.25, 0.3) is 0 Å². The molecule has 0 fully saturated rings. The van der Waals surface area contributed by atoms with Gasteiger partial charge in [-0.2, -0.15) is 0 Å². The highest BCUT2D eigenvalue weighted by Crippen LogP contribution is 2.24. The molecule has 0 radical (unpaired) electrons. The fourth-order valence-corrected chi connectivity index (χ4v) is 3.15. The number of thiophene rings is 1. The van der Waals surface area contributed by atoms with Crippen LogP contribution in [0.5, 0.6) is 0 Å². The van der Waals surface area contributed by atoms with Crippen LogP contribution in [-0.2, 0) is 13.0 Å². The number of nitrogens with zero attached hydrogens (tertiary/aromatic N) is 1. The zero-order valence-electron chi connectivity index (χ0n) is 9.67. The minimum Gasteiger partial charge on any atom is -0.299 e. The van der Waals surface area contributed by atoms with Crippen molar-refractivity contribution in [3.63, 3.8) is 0 Å². The van der Waals surface area contributed by atoms with E-state index in [0.29, 0.717) is 0 Å². The third kappa shape index (κ3) is 3.05. The Balaban J connectivity index is 1.73. The van der Waals surface area contributed by atoms with Crippen LogP contribution in [0.3, 0.4) is 0 Å². The Morgan fingerprint density at radius 1 is 1.33 bits per heavy atom. The lowest BCUT2D eigenvalue weighted by Crippen LogP contribution is -2.30. The van der Waals surface area contributed by atoms with Crippen molar-refractivity contribution in [2.45, 2.75) is 45.6 Å². The van der Waals surface area contributed by atoms with Crippen LogP contribution >= 0.6 is 11.3 Å². The van der Waals surface area contributed by atoms with E-state index in [1.807, 2.05) is 11.3 Å². The smallest absolute Gasteiger partial charge is 0.0244 e. The quantitative estimate of drug-likeness (QED) is 0.688. The maximum Gasteiger partial charge on any atom is 0.0244 e. The van der Waals surface area contributed by atoms with Crippen LogP contribution in [0.2, 0.25) is 0 Å². The van der Waals surface area contributed by atoms with Crippen molar-refractivity contribution in [2.24, 2.45) is 0 Å².